The Labute approximate surface area is 138 Å². The highest BCUT2D eigenvalue weighted by Crippen LogP contribution is 2.39. The van der Waals surface area contributed by atoms with E-state index in [1.807, 2.05) is 34.6 Å². The molecular formula is C17H27N3O3. The van der Waals surface area contributed by atoms with Gasteiger partial charge in [0.25, 0.3) is 0 Å². The van der Waals surface area contributed by atoms with Gasteiger partial charge in [0.15, 0.2) is 0 Å². The topological polar surface area (TPSA) is 69.4 Å². The molecule has 0 aromatic carbocycles. The van der Waals surface area contributed by atoms with Crippen LogP contribution in [0.2, 0.25) is 0 Å². The lowest BCUT2D eigenvalue weighted by molar-refractivity contribution is -0.677. The molecule has 128 valence electrons. The summed E-state index contributed by atoms with van der Waals surface area (Å²) in [6.45, 7) is 12.0. The van der Waals surface area contributed by atoms with Crippen LogP contribution in [0.25, 0.3) is 0 Å². The molecule has 1 amide bonds. The minimum atomic E-state index is -0.560. The van der Waals surface area contributed by atoms with Crippen molar-refractivity contribution in [1.82, 2.24) is 5.10 Å². The first kappa shape index (κ1) is 17.5. The highest BCUT2D eigenvalue weighted by atomic mass is 16.6. The Bertz CT molecular complexity index is 606. The van der Waals surface area contributed by atoms with Gasteiger partial charge in [0.05, 0.1) is 5.69 Å². The lowest BCUT2D eigenvalue weighted by Crippen LogP contribution is -2.38. The molecule has 1 aliphatic rings. The van der Waals surface area contributed by atoms with E-state index in [4.69, 9.17) is 4.74 Å². The van der Waals surface area contributed by atoms with Gasteiger partial charge in [-0.2, -0.15) is 0 Å². The summed E-state index contributed by atoms with van der Waals surface area (Å²) in [5, 5.41) is 16.3. The maximum atomic E-state index is 12.5. The molecule has 0 aliphatic carbocycles. The molecule has 0 unspecified atom stereocenters. The molecule has 0 radical (unpaired) electrons. The number of fused-ring (bicyclic) bond motifs is 1. The highest BCUT2D eigenvalue weighted by molar-refractivity contribution is 5.91. The number of amides is 1. The second-order valence-electron chi connectivity index (χ2n) is 7.80. The van der Waals surface area contributed by atoms with Crippen LogP contribution in [0.15, 0.2) is 6.07 Å². The fraction of sp³-hybridized carbons (Fsp3) is 0.706. The first-order valence-electron chi connectivity index (χ1n) is 8.20. The van der Waals surface area contributed by atoms with E-state index < -0.39 is 11.7 Å². The van der Waals surface area contributed by atoms with Gasteiger partial charge in [-0.1, -0.05) is 32.0 Å². The number of ether oxygens (including phenoxy) is 1. The second kappa shape index (κ2) is 5.98. The van der Waals surface area contributed by atoms with E-state index in [2.05, 4.69) is 12.0 Å². The van der Waals surface area contributed by atoms with Gasteiger partial charge in [-0.25, -0.2) is 4.79 Å². The van der Waals surface area contributed by atoms with E-state index >= 15 is 0 Å². The van der Waals surface area contributed by atoms with Crippen LogP contribution < -0.4 is 9.75 Å². The number of nitrogens with zero attached hydrogens (tertiary/aromatic N) is 3. The minimum absolute atomic E-state index is 0.373. The van der Waals surface area contributed by atoms with Crippen LogP contribution in [0.3, 0.4) is 0 Å². The van der Waals surface area contributed by atoms with Crippen molar-refractivity contribution in [3.63, 3.8) is 0 Å². The smallest absolute Gasteiger partial charge is 0.414 e. The summed E-state index contributed by atoms with van der Waals surface area (Å²) in [6.07, 6.45) is 2.18. The van der Waals surface area contributed by atoms with Crippen LogP contribution in [-0.4, -0.2) is 23.3 Å². The molecule has 2 heterocycles. The SMILES string of the molecule is CCCCc1cc2c(n[n+]1[O-])C(C)(C)CN2C(=O)OC(C)(C)C. The maximum Gasteiger partial charge on any atom is 0.414 e. The summed E-state index contributed by atoms with van der Waals surface area (Å²) < 4.78 is 5.50. The lowest BCUT2D eigenvalue weighted by atomic mass is 9.91. The van der Waals surface area contributed by atoms with Gasteiger partial charge in [-0.3, -0.25) is 4.90 Å². The Morgan fingerprint density at radius 2 is 2.13 bits per heavy atom. The van der Waals surface area contributed by atoms with E-state index in [-0.39, 0.29) is 5.41 Å². The Balaban J connectivity index is 2.39. The number of hydrogen-bond acceptors (Lipinski definition) is 4. The van der Waals surface area contributed by atoms with Gasteiger partial charge in [0.1, 0.15) is 11.3 Å². The average molecular weight is 321 g/mol. The van der Waals surface area contributed by atoms with Gasteiger partial charge < -0.3 is 9.94 Å². The molecule has 0 atom stereocenters. The molecule has 0 bridgehead atoms. The van der Waals surface area contributed by atoms with E-state index in [9.17, 15) is 10.0 Å². The van der Waals surface area contributed by atoms with Crippen LogP contribution in [0.5, 0.6) is 0 Å². The summed E-state index contributed by atoms with van der Waals surface area (Å²) in [6, 6.07) is 1.80. The molecule has 2 rings (SSSR count). The van der Waals surface area contributed by atoms with Crippen molar-refractivity contribution >= 4 is 11.8 Å². The summed E-state index contributed by atoms with van der Waals surface area (Å²) in [5.41, 5.74) is 1.01. The molecule has 23 heavy (non-hydrogen) atoms. The van der Waals surface area contributed by atoms with Crippen molar-refractivity contribution in [3.8, 4) is 0 Å². The van der Waals surface area contributed by atoms with Gasteiger partial charge in [0.2, 0.25) is 5.69 Å². The number of carbonyl (C=O) groups excluding carboxylic acids is 1. The van der Waals surface area contributed by atoms with E-state index in [1.54, 1.807) is 11.0 Å². The highest BCUT2D eigenvalue weighted by Gasteiger charge is 2.43. The number of unbranched alkanes of at least 4 members (excludes halogenated alkanes) is 1. The van der Waals surface area contributed by atoms with Crippen molar-refractivity contribution in [3.05, 3.63) is 22.7 Å². The van der Waals surface area contributed by atoms with Crippen LogP contribution in [0.4, 0.5) is 10.5 Å². The third-order valence-corrected chi connectivity index (χ3v) is 3.87. The minimum Gasteiger partial charge on any atom is -0.594 e. The third kappa shape index (κ3) is 3.74. The lowest BCUT2D eigenvalue weighted by Gasteiger charge is -2.25. The zero-order valence-electron chi connectivity index (χ0n) is 15.0. The zero-order valence-corrected chi connectivity index (χ0v) is 15.0. The number of aryl methyl sites for hydroxylation is 1. The zero-order chi connectivity index (χ0) is 17.4. The first-order valence-corrected chi connectivity index (χ1v) is 8.20. The molecular weight excluding hydrogens is 294 g/mol. The standard InChI is InChI=1S/C17H27N3O3/c1-7-8-9-12-10-13-14(18-20(12)22)17(5,6)11-19(13)15(21)23-16(2,3)4/h10H,7-9,11H2,1-6H3. The summed E-state index contributed by atoms with van der Waals surface area (Å²) in [7, 11) is 0. The molecule has 6 heteroatoms. The fourth-order valence-electron chi connectivity index (χ4n) is 2.74. The van der Waals surface area contributed by atoms with Gasteiger partial charge in [0, 0.05) is 29.5 Å². The van der Waals surface area contributed by atoms with Crippen molar-refractivity contribution in [2.45, 2.75) is 71.8 Å². The van der Waals surface area contributed by atoms with Gasteiger partial charge in [-0.15, -0.1) is 0 Å². The van der Waals surface area contributed by atoms with Gasteiger partial charge in [-0.05, 0) is 27.2 Å². The first-order chi connectivity index (χ1) is 10.5. The molecule has 1 aromatic heterocycles. The molecule has 1 aromatic rings. The molecule has 0 saturated heterocycles. The summed E-state index contributed by atoms with van der Waals surface area (Å²) in [5.74, 6) is 0. The van der Waals surface area contributed by atoms with E-state index in [0.717, 1.165) is 12.8 Å². The van der Waals surface area contributed by atoms with Crippen LogP contribution in [-0.2, 0) is 16.6 Å². The average Bonchev–Trinajstić information content (AvgIpc) is 2.66. The summed E-state index contributed by atoms with van der Waals surface area (Å²) >= 11 is 0. The normalized spacial score (nSPS) is 16.3. The molecule has 0 fully saturated rings. The molecule has 0 N–H and O–H groups in total. The monoisotopic (exact) mass is 321 g/mol. The Morgan fingerprint density at radius 3 is 2.70 bits per heavy atom. The predicted octanol–water partition coefficient (Wildman–Crippen LogP) is 3.09. The number of aromatic nitrogens is 2. The Kier molecular flexibility index (Phi) is 4.55. The van der Waals surface area contributed by atoms with E-state index in [1.165, 1.54) is 0 Å². The molecule has 1 aliphatic heterocycles. The number of hydrogen-bond donors (Lipinski definition) is 0. The van der Waals surface area contributed by atoms with E-state index in [0.29, 0.717) is 34.9 Å². The maximum absolute atomic E-state index is 12.5. The summed E-state index contributed by atoms with van der Waals surface area (Å²) in [4.78, 5) is 14.8. The van der Waals surface area contributed by atoms with Crippen LogP contribution in [0.1, 0.15) is 65.8 Å². The fourth-order valence-corrected chi connectivity index (χ4v) is 2.74. The Morgan fingerprint density at radius 1 is 1.48 bits per heavy atom. The van der Waals surface area contributed by atoms with Crippen molar-refractivity contribution in [2.24, 2.45) is 0 Å². The van der Waals surface area contributed by atoms with Gasteiger partial charge >= 0.3 is 6.09 Å². The Hall–Kier alpha value is -1.85. The third-order valence-electron chi connectivity index (χ3n) is 3.87. The van der Waals surface area contributed by atoms with Crippen molar-refractivity contribution in [1.29, 1.82) is 0 Å². The van der Waals surface area contributed by atoms with Crippen LogP contribution >= 0.6 is 0 Å². The largest absolute Gasteiger partial charge is 0.594 e. The number of anilines is 1. The quantitative estimate of drug-likeness (QED) is 0.633. The molecule has 0 spiro atoms. The molecule has 6 nitrogen and oxygen atoms in total. The number of rotatable bonds is 3. The second-order valence-corrected chi connectivity index (χ2v) is 7.80. The predicted molar refractivity (Wildman–Crippen MR) is 88.4 cm³/mol. The van der Waals surface area contributed by atoms with Crippen molar-refractivity contribution in [2.75, 3.05) is 11.4 Å². The molecule has 0 saturated carbocycles. The van der Waals surface area contributed by atoms with Crippen molar-refractivity contribution < 1.29 is 14.4 Å². The number of carbonyl (C=O) groups is 1. The van der Waals surface area contributed by atoms with Crippen LogP contribution in [0, 0.1) is 5.21 Å².